The molecular formula is C17H15N. The average molecular weight is 233 g/mol. The molecule has 0 radical (unpaired) electrons. The highest BCUT2D eigenvalue weighted by atomic mass is 14.6. The third-order valence-electron chi connectivity index (χ3n) is 3.42. The van der Waals surface area contributed by atoms with Gasteiger partial charge in [-0.1, -0.05) is 30.4 Å². The summed E-state index contributed by atoms with van der Waals surface area (Å²) in [4.78, 5) is 4.03. The summed E-state index contributed by atoms with van der Waals surface area (Å²) in [5.74, 6) is 7.24. The molecule has 0 bridgehead atoms. The minimum Gasteiger partial charge on any atom is -0.265 e. The summed E-state index contributed by atoms with van der Waals surface area (Å²) in [6.07, 6.45) is 7.55. The van der Waals surface area contributed by atoms with E-state index in [1.165, 1.54) is 30.4 Å². The van der Waals surface area contributed by atoms with Gasteiger partial charge < -0.3 is 0 Å². The smallest absolute Gasteiger partial charge is 0.0273 e. The Bertz CT molecular complexity index is 569. The van der Waals surface area contributed by atoms with Crippen molar-refractivity contribution >= 4 is 0 Å². The molecule has 1 aromatic heterocycles. The van der Waals surface area contributed by atoms with E-state index in [2.05, 4.69) is 41.1 Å². The van der Waals surface area contributed by atoms with E-state index in [9.17, 15) is 0 Å². The van der Waals surface area contributed by atoms with Crippen LogP contribution in [0.25, 0.3) is 11.1 Å². The van der Waals surface area contributed by atoms with Crippen molar-refractivity contribution in [3.63, 3.8) is 0 Å². The van der Waals surface area contributed by atoms with Gasteiger partial charge in [-0.2, -0.15) is 0 Å². The van der Waals surface area contributed by atoms with Crippen molar-refractivity contribution in [1.29, 1.82) is 0 Å². The van der Waals surface area contributed by atoms with E-state index in [1.807, 2.05) is 24.5 Å². The number of benzene rings is 1. The van der Waals surface area contributed by atoms with Crippen molar-refractivity contribution < 1.29 is 0 Å². The second-order valence-corrected chi connectivity index (χ2v) is 4.71. The molecule has 18 heavy (non-hydrogen) atoms. The second kappa shape index (κ2) is 5.06. The molecule has 88 valence electrons. The van der Waals surface area contributed by atoms with Crippen molar-refractivity contribution in [2.24, 2.45) is 5.92 Å². The molecule has 1 saturated carbocycles. The summed E-state index contributed by atoms with van der Waals surface area (Å²) in [6.45, 7) is 0. The van der Waals surface area contributed by atoms with E-state index in [0.29, 0.717) is 5.92 Å². The quantitative estimate of drug-likeness (QED) is 0.681. The summed E-state index contributed by atoms with van der Waals surface area (Å²) in [7, 11) is 0. The van der Waals surface area contributed by atoms with Crippen LogP contribution in [0, 0.1) is 17.8 Å². The highest BCUT2D eigenvalue weighted by Gasteiger charge is 2.13. The van der Waals surface area contributed by atoms with Gasteiger partial charge in [0.2, 0.25) is 0 Å². The normalized spacial score (nSPS) is 14.4. The molecule has 0 spiro atoms. The van der Waals surface area contributed by atoms with Crippen molar-refractivity contribution in [3.8, 4) is 23.0 Å². The van der Waals surface area contributed by atoms with E-state index in [0.717, 1.165) is 5.56 Å². The molecule has 1 fully saturated rings. The number of pyridine rings is 1. The molecule has 1 aliphatic rings. The summed E-state index contributed by atoms with van der Waals surface area (Å²) in [6, 6.07) is 12.5. The van der Waals surface area contributed by atoms with Gasteiger partial charge in [-0.25, -0.2) is 0 Å². The van der Waals surface area contributed by atoms with Gasteiger partial charge in [0.05, 0.1) is 0 Å². The lowest BCUT2D eigenvalue weighted by Gasteiger charge is -2.18. The molecular weight excluding hydrogens is 218 g/mol. The van der Waals surface area contributed by atoms with Crippen LogP contribution >= 0.6 is 0 Å². The van der Waals surface area contributed by atoms with Gasteiger partial charge in [0, 0.05) is 23.9 Å². The van der Waals surface area contributed by atoms with Crippen molar-refractivity contribution in [2.45, 2.75) is 19.3 Å². The van der Waals surface area contributed by atoms with Gasteiger partial charge >= 0.3 is 0 Å². The van der Waals surface area contributed by atoms with Crippen LogP contribution in [0.4, 0.5) is 0 Å². The van der Waals surface area contributed by atoms with Gasteiger partial charge in [0.1, 0.15) is 0 Å². The molecule has 0 unspecified atom stereocenters. The Labute approximate surface area is 108 Å². The lowest BCUT2D eigenvalue weighted by atomic mass is 9.86. The fraction of sp³-hybridized carbons (Fsp3) is 0.235. The number of nitrogens with zero attached hydrogens (tertiary/aromatic N) is 1. The molecule has 1 heterocycles. The first-order valence-corrected chi connectivity index (χ1v) is 6.44. The lowest BCUT2D eigenvalue weighted by molar-refractivity contribution is 0.401. The van der Waals surface area contributed by atoms with Crippen LogP contribution in [-0.2, 0) is 0 Å². The molecule has 1 nitrogen and oxygen atoms in total. The van der Waals surface area contributed by atoms with Crippen LogP contribution in [0.1, 0.15) is 24.8 Å². The third-order valence-corrected chi connectivity index (χ3v) is 3.42. The Morgan fingerprint density at radius 2 is 1.56 bits per heavy atom. The Morgan fingerprint density at radius 3 is 2.17 bits per heavy atom. The summed E-state index contributed by atoms with van der Waals surface area (Å²) >= 11 is 0. The Balaban J connectivity index is 1.78. The van der Waals surface area contributed by atoms with E-state index in [-0.39, 0.29) is 0 Å². The molecule has 1 aliphatic carbocycles. The number of hydrogen-bond acceptors (Lipinski definition) is 1. The van der Waals surface area contributed by atoms with E-state index in [4.69, 9.17) is 0 Å². The summed E-state index contributed by atoms with van der Waals surface area (Å²) < 4.78 is 0. The average Bonchev–Trinajstić information content (AvgIpc) is 2.39. The molecule has 0 N–H and O–H groups in total. The van der Waals surface area contributed by atoms with Crippen LogP contribution in [0.15, 0.2) is 48.8 Å². The maximum Gasteiger partial charge on any atom is 0.0273 e. The van der Waals surface area contributed by atoms with Gasteiger partial charge in [-0.3, -0.25) is 4.98 Å². The fourth-order valence-electron chi connectivity index (χ4n) is 2.03. The molecule has 0 aliphatic heterocycles. The van der Waals surface area contributed by atoms with Crippen molar-refractivity contribution in [1.82, 2.24) is 4.98 Å². The number of rotatable bonds is 1. The Morgan fingerprint density at radius 1 is 0.889 bits per heavy atom. The van der Waals surface area contributed by atoms with Gasteiger partial charge in [-0.05, 0) is 48.2 Å². The van der Waals surface area contributed by atoms with Crippen LogP contribution in [0.2, 0.25) is 0 Å². The van der Waals surface area contributed by atoms with Gasteiger partial charge in [0.15, 0.2) is 0 Å². The monoisotopic (exact) mass is 233 g/mol. The fourth-order valence-corrected chi connectivity index (χ4v) is 2.03. The van der Waals surface area contributed by atoms with Gasteiger partial charge in [0.25, 0.3) is 0 Å². The minimum absolute atomic E-state index is 0.643. The molecule has 0 atom stereocenters. The van der Waals surface area contributed by atoms with Crippen LogP contribution < -0.4 is 0 Å². The topological polar surface area (TPSA) is 12.9 Å². The summed E-state index contributed by atoms with van der Waals surface area (Å²) in [5.41, 5.74) is 3.52. The maximum absolute atomic E-state index is 4.03. The summed E-state index contributed by atoms with van der Waals surface area (Å²) in [5, 5.41) is 0. The zero-order valence-electron chi connectivity index (χ0n) is 10.3. The number of hydrogen-bond donors (Lipinski definition) is 0. The standard InChI is InChI=1S/C17H15N/c1-2-14(3-1)4-5-15-6-8-16(9-7-15)17-10-12-18-13-11-17/h6-14H,1-3H2. The third kappa shape index (κ3) is 2.43. The second-order valence-electron chi connectivity index (χ2n) is 4.71. The number of aromatic nitrogens is 1. The lowest BCUT2D eigenvalue weighted by Crippen LogP contribution is -2.07. The molecule has 1 aromatic carbocycles. The molecule has 1 heteroatoms. The van der Waals surface area contributed by atoms with Crippen LogP contribution in [0.5, 0.6) is 0 Å². The SMILES string of the molecule is C(#CC1CCC1)c1ccc(-c2ccncc2)cc1. The van der Waals surface area contributed by atoms with E-state index < -0.39 is 0 Å². The van der Waals surface area contributed by atoms with Gasteiger partial charge in [-0.15, -0.1) is 0 Å². The Hall–Kier alpha value is -2.07. The van der Waals surface area contributed by atoms with Crippen LogP contribution in [-0.4, -0.2) is 4.98 Å². The first kappa shape index (κ1) is 11.0. The highest BCUT2D eigenvalue weighted by molar-refractivity contribution is 5.63. The molecule has 0 saturated heterocycles. The molecule has 3 rings (SSSR count). The predicted octanol–water partition coefficient (Wildman–Crippen LogP) is 3.90. The first-order valence-electron chi connectivity index (χ1n) is 6.44. The largest absolute Gasteiger partial charge is 0.265 e. The minimum atomic E-state index is 0.643. The van der Waals surface area contributed by atoms with Crippen molar-refractivity contribution in [3.05, 3.63) is 54.4 Å². The highest BCUT2D eigenvalue weighted by Crippen LogP contribution is 2.25. The van der Waals surface area contributed by atoms with Crippen molar-refractivity contribution in [2.75, 3.05) is 0 Å². The van der Waals surface area contributed by atoms with E-state index >= 15 is 0 Å². The zero-order valence-corrected chi connectivity index (χ0v) is 10.3. The maximum atomic E-state index is 4.03. The first-order chi connectivity index (χ1) is 8.92. The molecule has 2 aromatic rings. The van der Waals surface area contributed by atoms with Crippen LogP contribution in [0.3, 0.4) is 0 Å². The Kier molecular flexibility index (Phi) is 3.10. The molecule has 0 amide bonds. The van der Waals surface area contributed by atoms with E-state index in [1.54, 1.807) is 0 Å². The zero-order chi connectivity index (χ0) is 12.2. The predicted molar refractivity (Wildman–Crippen MR) is 73.9 cm³/mol.